The summed E-state index contributed by atoms with van der Waals surface area (Å²) in [6.07, 6.45) is 5.56. The Hall–Kier alpha value is -0.730. The van der Waals surface area contributed by atoms with E-state index in [1.165, 1.54) is 32.2 Å². The van der Waals surface area contributed by atoms with Crippen LogP contribution in [-0.2, 0) is 6.54 Å². The van der Waals surface area contributed by atoms with Crippen LogP contribution in [0.15, 0.2) is 18.2 Å². The first-order valence-corrected chi connectivity index (χ1v) is 7.28. The van der Waals surface area contributed by atoms with Crippen molar-refractivity contribution in [1.82, 2.24) is 4.90 Å². The van der Waals surface area contributed by atoms with Crippen molar-refractivity contribution in [2.75, 3.05) is 13.1 Å². The third-order valence-corrected chi connectivity index (χ3v) is 4.69. The summed E-state index contributed by atoms with van der Waals surface area (Å²) in [5.41, 5.74) is 0.959. The fraction of sp³-hybridized carbons (Fsp3) is 0.600. The molecule has 3 rings (SSSR count). The van der Waals surface area contributed by atoms with Crippen molar-refractivity contribution in [2.24, 2.45) is 11.8 Å². The van der Waals surface area contributed by atoms with E-state index in [1.54, 1.807) is 12.1 Å². The van der Waals surface area contributed by atoms with Crippen LogP contribution in [0, 0.1) is 11.8 Å². The Kier molecular flexibility index (Phi) is 3.49. The molecule has 1 aromatic rings. The maximum atomic E-state index is 9.88. The molecule has 2 bridgehead atoms. The van der Waals surface area contributed by atoms with Crippen molar-refractivity contribution in [3.8, 4) is 5.75 Å². The Labute approximate surface area is 114 Å². The third kappa shape index (κ3) is 2.65. The number of hydrogen-bond donors (Lipinski definition) is 1. The van der Waals surface area contributed by atoms with E-state index in [0.717, 1.165) is 30.5 Å². The second-order valence-electron chi connectivity index (χ2n) is 5.84. The summed E-state index contributed by atoms with van der Waals surface area (Å²) in [5, 5.41) is 10.6. The van der Waals surface area contributed by atoms with Gasteiger partial charge in [0.25, 0.3) is 0 Å². The number of aromatic hydroxyl groups is 1. The normalized spacial score (nSPS) is 28.3. The summed E-state index contributed by atoms with van der Waals surface area (Å²) in [4.78, 5) is 2.48. The van der Waals surface area contributed by atoms with Crippen LogP contribution in [0.1, 0.15) is 31.2 Å². The lowest BCUT2D eigenvalue weighted by atomic mass is 10.0. The predicted molar refractivity (Wildman–Crippen MR) is 73.8 cm³/mol. The first kappa shape index (κ1) is 12.3. The molecule has 98 valence electrons. The lowest BCUT2D eigenvalue weighted by Gasteiger charge is -2.25. The summed E-state index contributed by atoms with van der Waals surface area (Å²) in [7, 11) is 0. The predicted octanol–water partition coefficient (Wildman–Crippen LogP) is 3.67. The molecule has 0 amide bonds. The molecule has 2 atom stereocenters. The minimum atomic E-state index is 0.369. The average molecular weight is 266 g/mol. The number of likely N-dealkylation sites (tertiary alicyclic amines) is 1. The Bertz CT molecular complexity index is 435. The van der Waals surface area contributed by atoms with Crippen LogP contribution in [0.2, 0.25) is 5.02 Å². The lowest BCUT2D eigenvalue weighted by Crippen LogP contribution is -2.28. The molecule has 1 saturated carbocycles. The maximum absolute atomic E-state index is 9.88. The van der Waals surface area contributed by atoms with Gasteiger partial charge in [0.15, 0.2) is 0 Å². The van der Waals surface area contributed by atoms with Gasteiger partial charge in [0, 0.05) is 23.7 Å². The summed E-state index contributed by atoms with van der Waals surface area (Å²) >= 11 is 6.00. The standard InChI is InChI=1S/C15H20ClNO/c16-14-3-4-15(18)13(8-14)10-17-6-5-11-1-2-12(7-11)9-17/h3-4,8,11-12,18H,1-2,5-7,9-10H2/t11-,12-/m0/s1. The number of phenols is 1. The molecule has 0 unspecified atom stereocenters. The molecule has 1 aliphatic heterocycles. The van der Waals surface area contributed by atoms with E-state index in [2.05, 4.69) is 4.90 Å². The van der Waals surface area contributed by atoms with Gasteiger partial charge in [-0.15, -0.1) is 0 Å². The Morgan fingerprint density at radius 3 is 2.94 bits per heavy atom. The number of phenolic OH excluding ortho intramolecular Hbond substituents is 1. The highest BCUT2D eigenvalue weighted by Crippen LogP contribution is 2.37. The molecule has 0 aromatic heterocycles. The van der Waals surface area contributed by atoms with E-state index in [0.29, 0.717) is 10.8 Å². The molecular formula is C15H20ClNO. The van der Waals surface area contributed by atoms with Gasteiger partial charge in [-0.3, -0.25) is 4.90 Å². The van der Waals surface area contributed by atoms with Crippen LogP contribution in [0.25, 0.3) is 0 Å². The van der Waals surface area contributed by atoms with E-state index in [4.69, 9.17) is 11.6 Å². The third-order valence-electron chi connectivity index (χ3n) is 4.46. The molecule has 2 aliphatic rings. The largest absolute Gasteiger partial charge is 0.508 e. The molecule has 2 nitrogen and oxygen atoms in total. The van der Waals surface area contributed by atoms with E-state index in [-0.39, 0.29) is 0 Å². The van der Waals surface area contributed by atoms with Crippen LogP contribution in [0.3, 0.4) is 0 Å². The zero-order valence-corrected chi connectivity index (χ0v) is 11.4. The topological polar surface area (TPSA) is 23.5 Å². The molecular weight excluding hydrogens is 246 g/mol. The minimum absolute atomic E-state index is 0.369. The first-order valence-electron chi connectivity index (χ1n) is 6.90. The fourth-order valence-corrected chi connectivity index (χ4v) is 3.69. The van der Waals surface area contributed by atoms with Crippen molar-refractivity contribution < 1.29 is 5.11 Å². The molecule has 1 heterocycles. The molecule has 1 saturated heterocycles. The van der Waals surface area contributed by atoms with Crippen LogP contribution < -0.4 is 0 Å². The van der Waals surface area contributed by atoms with Gasteiger partial charge in [-0.1, -0.05) is 18.0 Å². The van der Waals surface area contributed by atoms with Crippen molar-refractivity contribution in [2.45, 2.75) is 32.2 Å². The molecule has 1 aliphatic carbocycles. The fourth-order valence-electron chi connectivity index (χ4n) is 3.49. The van der Waals surface area contributed by atoms with Crippen molar-refractivity contribution in [1.29, 1.82) is 0 Å². The molecule has 3 heteroatoms. The van der Waals surface area contributed by atoms with Gasteiger partial charge >= 0.3 is 0 Å². The van der Waals surface area contributed by atoms with Crippen molar-refractivity contribution >= 4 is 11.6 Å². The smallest absolute Gasteiger partial charge is 0.120 e. The zero-order valence-electron chi connectivity index (χ0n) is 10.6. The van der Waals surface area contributed by atoms with Gasteiger partial charge in [-0.05, 0) is 55.8 Å². The van der Waals surface area contributed by atoms with Crippen LogP contribution in [0.5, 0.6) is 5.75 Å². The quantitative estimate of drug-likeness (QED) is 0.882. The number of nitrogens with zero attached hydrogens (tertiary/aromatic N) is 1. The van der Waals surface area contributed by atoms with Gasteiger partial charge < -0.3 is 5.11 Å². The SMILES string of the molecule is Oc1ccc(Cl)cc1CN1CC[C@@H]2CC[C@@H](C2)C1. The summed E-state index contributed by atoms with van der Waals surface area (Å²) in [6.45, 7) is 3.17. The zero-order chi connectivity index (χ0) is 12.5. The van der Waals surface area contributed by atoms with Crippen molar-refractivity contribution in [3.05, 3.63) is 28.8 Å². The summed E-state index contributed by atoms with van der Waals surface area (Å²) in [5.74, 6) is 2.19. The number of benzene rings is 1. The van der Waals surface area contributed by atoms with Crippen molar-refractivity contribution in [3.63, 3.8) is 0 Å². The number of hydrogen-bond acceptors (Lipinski definition) is 2. The highest BCUT2D eigenvalue weighted by molar-refractivity contribution is 6.30. The minimum Gasteiger partial charge on any atom is -0.508 e. The van der Waals surface area contributed by atoms with E-state index < -0.39 is 0 Å². The highest BCUT2D eigenvalue weighted by atomic mass is 35.5. The molecule has 2 fully saturated rings. The van der Waals surface area contributed by atoms with Gasteiger partial charge in [0.05, 0.1) is 0 Å². The van der Waals surface area contributed by atoms with Crippen LogP contribution in [0.4, 0.5) is 0 Å². The summed E-state index contributed by atoms with van der Waals surface area (Å²) < 4.78 is 0. The van der Waals surface area contributed by atoms with Crippen LogP contribution >= 0.6 is 11.6 Å². The number of rotatable bonds is 2. The molecule has 1 aromatic carbocycles. The molecule has 0 spiro atoms. The number of fused-ring (bicyclic) bond motifs is 2. The average Bonchev–Trinajstić information content (AvgIpc) is 2.67. The van der Waals surface area contributed by atoms with E-state index in [1.807, 2.05) is 6.07 Å². The van der Waals surface area contributed by atoms with Gasteiger partial charge in [0.1, 0.15) is 5.75 Å². The summed E-state index contributed by atoms with van der Waals surface area (Å²) in [6, 6.07) is 5.33. The van der Waals surface area contributed by atoms with E-state index >= 15 is 0 Å². The Morgan fingerprint density at radius 1 is 1.22 bits per heavy atom. The van der Waals surface area contributed by atoms with Crippen LogP contribution in [-0.4, -0.2) is 23.1 Å². The second kappa shape index (κ2) is 5.10. The van der Waals surface area contributed by atoms with E-state index in [9.17, 15) is 5.11 Å². The monoisotopic (exact) mass is 265 g/mol. The lowest BCUT2D eigenvalue weighted by molar-refractivity contribution is 0.226. The molecule has 1 N–H and O–H groups in total. The molecule has 18 heavy (non-hydrogen) atoms. The highest BCUT2D eigenvalue weighted by Gasteiger charge is 2.30. The van der Waals surface area contributed by atoms with Gasteiger partial charge in [-0.2, -0.15) is 0 Å². The maximum Gasteiger partial charge on any atom is 0.120 e. The Morgan fingerprint density at radius 2 is 2.06 bits per heavy atom. The second-order valence-corrected chi connectivity index (χ2v) is 6.28. The van der Waals surface area contributed by atoms with Gasteiger partial charge in [-0.25, -0.2) is 0 Å². The Balaban J connectivity index is 1.70. The first-order chi connectivity index (χ1) is 8.70. The van der Waals surface area contributed by atoms with Gasteiger partial charge in [0.2, 0.25) is 0 Å². The number of halogens is 1. The molecule has 0 radical (unpaired) electrons.